The van der Waals surface area contributed by atoms with E-state index in [1.54, 1.807) is 0 Å². The first-order chi connectivity index (χ1) is 5.68. The predicted octanol–water partition coefficient (Wildman–Crippen LogP) is 3.18. The van der Waals surface area contributed by atoms with E-state index in [4.69, 9.17) is 5.73 Å². The summed E-state index contributed by atoms with van der Waals surface area (Å²) in [6.45, 7) is 5.37. The van der Waals surface area contributed by atoms with Gasteiger partial charge in [-0.2, -0.15) is 0 Å². The van der Waals surface area contributed by atoms with Crippen LogP contribution in [-0.4, -0.2) is 6.54 Å². The van der Waals surface area contributed by atoms with Crippen molar-refractivity contribution in [2.24, 2.45) is 5.92 Å². The van der Waals surface area contributed by atoms with Crippen LogP contribution < -0.4 is 11.1 Å². The number of hydrogen-bond acceptors (Lipinski definition) is 2. The maximum Gasteiger partial charge on any atom is 0.0341 e. The molecule has 0 radical (unpaired) electrons. The van der Waals surface area contributed by atoms with Gasteiger partial charge in [-0.3, -0.25) is 0 Å². The second-order valence-corrected chi connectivity index (χ2v) is 3.40. The zero-order chi connectivity index (χ0) is 8.97. The molecule has 82 valence electrons. The van der Waals surface area contributed by atoms with Gasteiger partial charge in [0.05, 0.1) is 0 Å². The Morgan fingerprint density at radius 1 is 1.14 bits per heavy atom. The Kier molecular flexibility index (Phi) is 8.80. The molecule has 0 atom stereocenters. The quantitative estimate of drug-likeness (QED) is 0.792. The van der Waals surface area contributed by atoms with Crippen LogP contribution in [0.1, 0.15) is 13.8 Å². The molecule has 0 heterocycles. The van der Waals surface area contributed by atoms with Gasteiger partial charge in [0.1, 0.15) is 0 Å². The average molecular weight is 237 g/mol. The molecule has 14 heavy (non-hydrogen) atoms. The van der Waals surface area contributed by atoms with Crippen molar-refractivity contribution in [3.8, 4) is 0 Å². The van der Waals surface area contributed by atoms with Gasteiger partial charge >= 0.3 is 0 Å². The Balaban J connectivity index is 0. The Bertz CT molecular complexity index is 234. The van der Waals surface area contributed by atoms with Crippen LogP contribution in [0.5, 0.6) is 0 Å². The van der Waals surface area contributed by atoms with Gasteiger partial charge in [-0.25, -0.2) is 0 Å². The molecule has 0 aromatic heterocycles. The molecule has 0 fully saturated rings. The van der Waals surface area contributed by atoms with Gasteiger partial charge in [0, 0.05) is 17.9 Å². The molecule has 4 heteroatoms. The minimum atomic E-state index is 0. The summed E-state index contributed by atoms with van der Waals surface area (Å²) < 4.78 is 0. The monoisotopic (exact) mass is 236 g/mol. The van der Waals surface area contributed by atoms with Gasteiger partial charge in [-0.1, -0.05) is 13.8 Å². The molecule has 0 saturated heterocycles. The highest BCUT2D eigenvalue weighted by Gasteiger charge is 1.93. The standard InChI is InChI=1S/C10H16N2.2ClH/c1-8(2)7-12-10-5-3-9(11)4-6-10;;/h3-6,8,12H,7,11H2,1-2H3;2*1H. The molecular formula is C10H18Cl2N2. The molecule has 0 bridgehead atoms. The molecule has 1 aromatic carbocycles. The molecule has 0 aliphatic heterocycles. The fourth-order valence-corrected chi connectivity index (χ4v) is 0.923. The third-order valence-corrected chi connectivity index (χ3v) is 1.63. The van der Waals surface area contributed by atoms with Crippen LogP contribution >= 0.6 is 24.8 Å². The SMILES string of the molecule is CC(C)CNc1ccc(N)cc1.Cl.Cl. The lowest BCUT2D eigenvalue weighted by Crippen LogP contribution is -2.07. The maximum atomic E-state index is 5.55. The number of rotatable bonds is 3. The van der Waals surface area contributed by atoms with Crippen molar-refractivity contribution in [3.05, 3.63) is 24.3 Å². The Labute approximate surface area is 98.1 Å². The Hall–Kier alpha value is -0.600. The van der Waals surface area contributed by atoms with Gasteiger partial charge in [-0.15, -0.1) is 24.8 Å². The van der Waals surface area contributed by atoms with Crippen LogP contribution in [0.3, 0.4) is 0 Å². The molecule has 1 rings (SSSR count). The highest BCUT2D eigenvalue weighted by molar-refractivity contribution is 5.85. The summed E-state index contributed by atoms with van der Waals surface area (Å²) in [5, 5.41) is 3.32. The summed E-state index contributed by atoms with van der Waals surface area (Å²) in [7, 11) is 0. The molecule has 0 unspecified atom stereocenters. The second-order valence-electron chi connectivity index (χ2n) is 3.40. The third kappa shape index (κ3) is 5.95. The number of anilines is 2. The van der Waals surface area contributed by atoms with E-state index in [9.17, 15) is 0 Å². The van der Waals surface area contributed by atoms with Crippen LogP contribution in [-0.2, 0) is 0 Å². The van der Waals surface area contributed by atoms with Crippen molar-refractivity contribution in [1.29, 1.82) is 0 Å². The minimum absolute atomic E-state index is 0. The normalized spacial score (nSPS) is 8.79. The molecule has 0 amide bonds. The molecule has 0 aliphatic carbocycles. The van der Waals surface area contributed by atoms with Crippen molar-refractivity contribution in [2.75, 3.05) is 17.6 Å². The lowest BCUT2D eigenvalue weighted by molar-refractivity contribution is 0.689. The van der Waals surface area contributed by atoms with E-state index >= 15 is 0 Å². The number of benzene rings is 1. The zero-order valence-electron chi connectivity index (χ0n) is 8.49. The summed E-state index contributed by atoms with van der Waals surface area (Å²) in [6, 6.07) is 7.81. The van der Waals surface area contributed by atoms with Crippen LogP contribution in [0.15, 0.2) is 24.3 Å². The van der Waals surface area contributed by atoms with Gasteiger partial charge < -0.3 is 11.1 Å². The molecule has 0 aliphatic rings. The first-order valence-corrected chi connectivity index (χ1v) is 4.28. The summed E-state index contributed by atoms with van der Waals surface area (Å²) in [4.78, 5) is 0. The molecular weight excluding hydrogens is 219 g/mol. The van der Waals surface area contributed by atoms with E-state index in [2.05, 4.69) is 19.2 Å². The van der Waals surface area contributed by atoms with Gasteiger partial charge in [0.15, 0.2) is 0 Å². The first-order valence-electron chi connectivity index (χ1n) is 4.28. The number of nitrogen functional groups attached to an aromatic ring is 1. The van der Waals surface area contributed by atoms with Crippen molar-refractivity contribution in [3.63, 3.8) is 0 Å². The predicted molar refractivity (Wildman–Crippen MR) is 68.7 cm³/mol. The molecule has 2 nitrogen and oxygen atoms in total. The number of hydrogen-bond donors (Lipinski definition) is 2. The molecule has 0 saturated carbocycles. The summed E-state index contributed by atoms with van der Waals surface area (Å²) in [5.41, 5.74) is 7.50. The smallest absolute Gasteiger partial charge is 0.0341 e. The van der Waals surface area contributed by atoms with Crippen LogP contribution in [0.4, 0.5) is 11.4 Å². The largest absolute Gasteiger partial charge is 0.399 e. The van der Waals surface area contributed by atoms with Crippen LogP contribution in [0.2, 0.25) is 0 Å². The van der Waals surface area contributed by atoms with E-state index in [1.807, 2.05) is 24.3 Å². The van der Waals surface area contributed by atoms with E-state index < -0.39 is 0 Å². The average Bonchev–Trinajstić information content (AvgIpc) is 2.03. The minimum Gasteiger partial charge on any atom is -0.399 e. The van der Waals surface area contributed by atoms with Crippen molar-refractivity contribution < 1.29 is 0 Å². The number of halogens is 2. The lowest BCUT2D eigenvalue weighted by atomic mass is 10.2. The van der Waals surface area contributed by atoms with Crippen molar-refractivity contribution >= 4 is 36.2 Å². The lowest BCUT2D eigenvalue weighted by Gasteiger charge is -2.08. The summed E-state index contributed by atoms with van der Waals surface area (Å²) in [5.74, 6) is 0.669. The fraction of sp³-hybridized carbons (Fsp3) is 0.400. The van der Waals surface area contributed by atoms with Gasteiger partial charge in [0.25, 0.3) is 0 Å². The third-order valence-electron chi connectivity index (χ3n) is 1.63. The fourth-order valence-electron chi connectivity index (χ4n) is 0.923. The number of nitrogens with one attached hydrogen (secondary N) is 1. The molecule has 1 aromatic rings. The highest BCUT2D eigenvalue weighted by atomic mass is 35.5. The summed E-state index contributed by atoms with van der Waals surface area (Å²) in [6.07, 6.45) is 0. The Morgan fingerprint density at radius 3 is 2.07 bits per heavy atom. The van der Waals surface area contributed by atoms with E-state index in [0.29, 0.717) is 5.92 Å². The van der Waals surface area contributed by atoms with Crippen molar-refractivity contribution in [2.45, 2.75) is 13.8 Å². The van der Waals surface area contributed by atoms with E-state index in [1.165, 1.54) is 0 Å². The van der Waals surface area contributed by atoms with Gasteiger partial charge in [-0.05, 0) is 30.2 Å². The van der Waals surface area contributed by atoms with Crippen LogP contribution in [0, 0.1) is 5.92 Å². The molecule has 3 N–H and O–H groups in total. The second kappa shape index (κ2) is 7.77. The van der Waals surface area contributed by atoms with E-state index in [-0.39, 0.29) is 24.8 Å². The van der Waals surface area contributed by atoms with E-state index in [0.717, 1.165) is 17.9 Å². The van der Waals surface area contributed by atoms with Crippen LogP contribution in [0.25, 0.3) is 0 Å². The topological polar surface area (TPSA) is 38.0 Å². The maximum absolute atomic E-state index is 5.55. The van der Waals surface area contributed by atoms with Gasteiger partial charge in [0.2, 0.25) is 0 Å². The number of nitrogens with two attached hydrogens (primary N) is 1. The summed E-state index contributed by atoms with van der Waals surface area (Å²) >= 11 is 0. The first kappa shape index (κ1) is 15.9. The highest BCUT2D eigenvalue weighted by Crippen LogP contribution is 2.10. The zero-order valence-corrected chi connectivity index (χ0v) is 10.1. The van der Waals surface area contributed by atoms with Crippen molar-refractivity contribution in [1.82, 2.24) is 0 Å². The Morgan fingerprint density at radius 2 is 1.64 bits per heavy atom. The molecule has 0 spiro atoms.